The maximum Gasteiger partial charge on any atom is 0.157 e. The predicted molar refractivity (Wildman–Crippen MR) is 272 cm³/mol. The average Bonchev–Trinajstić information content (AvgIpc) is 3.98. The largest absolute Gasteiger partial charge is 0.383 e. The maximum absolute atomic E-state index is 6.98. The molecule has 4 heterocycles. The summed E-state index contributed by atoms with van der Waals surface area (Å²) >= 11 is 0. The summed E-state index contributed by atoms with van der Waals surface area (Å²) in [5.74, 6) is 0.915. The topological polar surface area (TPSA) is 64.5 Å². The van der Waals surface area contributed by atoms with Crippen molar-refractivity contribution in [3.8, 4) is 5.69 Å². The van der Waals surface area contributed by atoms with Crippen LogP contribution in [-0.4, -0.2) is 25.0 Å². The van der Waals surface area contributed by atoms with Crippen molar-refractivity contribution in [3.63, 3.8) is 0 Å². The van der Waals surface area contributed by atoms with Crippen molar-refractivity contribution in [2.75, 3.05) is 0 Å². The summed E-state index contributed by atoms with van der Waals surface area (Å²) in [5, 5.41) is 9.69. The van der Waals surface area contributed by atoms with Crippen molar-refractivity contribution in [2.24, 2.45) is 15.7 Å². The van der Waals surface area contributed by atoms with Gasteiger partial charge in [-0.05, 0) is 55.0 Å². The SMILES string of the molecule is C=C/C=C(\C=C/C)C(=NCc1ccccc1)N=C(N)c1cccc(-n2c3ccccc3c3cc4c(cc32)n2c3ccccc3c3cccc(c5cccc6c7ccccc7n4c65)c32)c1. The minimum Gasteiger partial charge on any atom is -0.383 e. The number of nitrogens with two attached hydrogens (primary N) is 1. The molecule has 12 aromatic rings. The van der Waals surface area contributed by atoms with E-state index in [-0.39, 0.29) is 0 Å². The Morgan fingerprint density at radius 3 is 1.69 bits per heavy atom. The predicted octanol–water partition coefficient (Wildman–Crippen LogP) is 14.0. The summed E-state index contributed by atoms with van der Waals surface area (Å²) in [7, 11) is 0. The second kappa shape index (κ2) is 14.9. The highest BCUT2D eigenvalue weighted by molar-refractivity contribution is 6.26. The van der Waals surface area contributed by atoms with Gasteiger partial charge in [0.2, 0.25) is 0 Å². The van der Waals surface area contributed by atoms with Gasteiger partial charge in [-0.15, -0.1) is 0 Å². The van der Waals surface area contributed by atoms with Crippen LogP contribution in [-0.2, 0) is 6.54 Å². The molecule has 6 nitrogen and oxygen atoms in total. The molecule has 4 aromatic heterocycles. The summed E-state index contributed by atoms with van der Waals surface area (Å²) < 4.78 is 7.39. The van der Waals surface area contributed by atoms with Gasteiger partial charge in [-0.25, -0.2) is 4.99 Å². The molecule has 304 valence electrons. The highest BCUT2D eigenvalue weighted by atomic mass is 15.0. The van der Waals surface area contributed by atoms with Gasteiger partial charge in [-0.2, -0.15) is 0 Å². The Hall–Kier alpha value is -8.48. The molecule has 0 spiro atoms. The second-order valence-corrected chi connectivity index (χ2v) is 16.3. The molecule has 6 heteroatoms. The van der Waals surface area contributed by atoms with E-state index in [2.05, 4.69) is 172 Å². The van der Waals surface area contributed by atoms with Gasteiger partial charge in [-0.3, -0.25) is 4.99 Å². The van der Waals surface area contributed by atoms with Gasteiger partial charge in [0, 0.05) is 59.9 Å². The normalized spacial score (nSPS) is 13.2. The maximum atomic E-state index is 6.98. The number of aliphatic imine (C=N–C) groups is 2. The van der Waals surface area contributed by atoms with Gasteiger partial charge in [-0.1, -0.05) is 164 Å². The zero-order valence-electron chi connectivity index (χ0n) is 35.3. The van der Waals surface area contributed by atoms with Crippen LogP contribution in [0.3, 0.4) is 0 Å². The molecule has 0 amide bonds. The Kier molecular flexibility index (Phi) is 8.66. The third-order valence-corrected chi connectivity index (χ3v) is 12.7. The zero-order chi connectivity index (χ0) is 42.9. The fourth-order valence-corrected chi connectivity index (χ4v) is 10.0. The highest BCUT2D eigenvalue weighted by Gasteiger charge is 2.21. The van der Waals surface area contributed by atoms with E-state index >= 15 is 0 Å². The van der Waals surface area contributed by atoms with E-state index in [1.165, 1.54) is 59.8 Å². The van der Waals surface area contributed by atoms with Gasteiger partial charge >= 0.3 is 0 Å². The minimum absolute atomic E-state index is 0.374. The molecule has 0 radical (unpaired) electrons. The molecule has 12 rings (SSSR count). The molecular formula is C58H42N6. The summed E-state index contributed by atoms with van der Waals surface area (Å²) in [6, 6.07) is 63.3. The molecule has 0 aliphatic rings. The fourth-order valence-electron chi connectivity index (χ4n) is 10.0. The standard InChI is InChI=1S/C58H42N6/c1-3-17-38(18-4-2)58(60-36-37-19-6-5-7-20-37)61-57(59)39-21-14-22-40(33-39)62-49-30-11-10-25-43(49)48-34-53-54(35-52(48)62)64-51-32-13-9-24-42(51)45-27-16-29-47(56(45)64)46-28-15-26-44-41-23-8-12-31-50(41)63(53)55(44)46/h3-35H,1,36H2,2H3,(H2,59,60,61)/b18-4-,38-17+. The molecule has 0 aliphatic carbocycles. The van der Waals surface area contributed by atoms with Crippen molar-refractivity contribution >= 4 is 98.9 Å². The van der Waals surface area contributed by atoms with Gasteiger partial charge in [0.1, 0.15) is 5.84 Å². The third-order valence-electron chi connectivity index (χ3n) is 12.7. The molecule has 2 N–H and O–H groups in total. The lowest BCUT2D eigenvalue weighted by atomic mass is 10.0. The van der Waals surface area contributed by atoms with E-state index < -0.39 is 0 Å². The number of aromatic nitrogens is 3. The van der Waals surface area contributed by atoms with Crippen molar-refractivity contribution in [1.29, 1.82) is 0 Å². The number of allylic oxidation sites excluding steroid dienone is 3. The summed E-state index contributed by atoms with van der Waals surface area (Å²) in [5.41, 5.74) is 19.9. The highest BCUT2D eigenvalue weighted by Crippen LogP contribution is 2.42. The number of fused-ring (bicyclic) bond motifs is 13. The number of hydrogen-bond acceptors (Lipinski definition) is 1. The van der Waals surface area contributed by atoms with Gasteiger partial charge in [0.25, 0.3) is 0 Å². The van der Waals surface area contributed by atoms with E-state index in [4.69, 9.17) is 15.7 Å². The third kappa shape index (κ3) is 5.66. The number of rotatable bonds is 7. The van der Waals surface area contributed by atoms with Gasteiger partial charge < -0.3 is 19.1 Å². The molecule has 0 unspecified atom stereocenters. The fraction of sp³-hybridized carbons (Fsp3) is 0.0345. The van der Waals surface area contributed by atoms with Crippen LogP contribution in [0.2, 0.25) is 0 Å². The number of para-hydroxylation sites is 5. The molecule has 64 heavy (non-hydrogen) atoms. The number of nitrogens with zero attached hydrogens (tertiary/aromatic N) is 5. The van der Waals surface area contributed by atoms with Crippen LogP contribution < -0.4 is 5.73 Å². The second-order valence-electron chi connectivity index (χ2n) is 16.3. The summed E-state index contributed by atoms with van der Waals surface area (Å²) in [6.45, 7) is 6.41. The quantitative estimate of drug-likeness (QED) is 0.0971. The first-order chi connectivity index (χ1) is 31.6. The Morgan fingerprint density at radius 1 is 0.531 bits per heavy atom. The lowest BCUT2D eigenvalue weighted by molar-refractivity contribution is 1.06. The Bertz CT molecular complexity index is 4020. The lowest BCUT2D eigenvalue weighted by Crippen LogP contribution is -2.17. The molecule has 0 atom stereocenters. The van der Waals surface area contributed by atoms with Crippen LogP contribution >= 0.6 is 0 Å². The first-order valence-electron chi connectivity index (χ1n) is 21.7. The summed E-state index contributed by atoms with van der Waals surface area (Å²) in [6.07, 6.45) is 7.64. The zero-order valence-corrected chi connectivity index (χ0v) is 35.3. The van der Waals surface area contributed by atoms with Crippen LogP contribution in [0.4, 0.5) is 0 Å². The van der Waals surface area contributed by atoms with Gasteiger partial charge in [0.05, 0.1) is 50.7 Å². The molecule has 0 bridgehead atoms. The Labute approximate surface area is 369 Å². The number of hydrogen-bond donors (Lipinski definition) is 1. The van der Waals surface area contributed by atoms with Crippen LogP contribution in [0.5, 0.6) is 0 Å². The summed E-state index contributed by atoms with van der Waals surface area (Å²) in [4.78, 5) is 9.98. The smallest absolute Gasteiger partial charge is 0.157 e. The first-order valence-corrected chi connectivity index (χ1v) is 21.7. The van der Waals surface area contributed by atoms with Crippen molar-refractivity contribution in [2.45, 2.75) is 13.5 Å². The molecule has 0 aliphatic heterocycles. The minimum atomic E-state index is 0.374. The van der Waals surface area contributed by atoms with Crippen molar-refractivity contribution < 1.29 is 0 Å². The Balaban J connectivity index is 1.17. The van der Waals surface area contributed by atoms with Crippen LogP contribution in [0.1, 0.15) is 18.1 Å². The lowest BCUT2D eigenvalue weighted by Gasteiger charge is -2.13. The van der Waals surface area contributed by atoms with E-state index in [9.17, 15) is 0 Å². The van der Waals surface area contributed by atoms with E-state index in [1.807, 2.05) is 49.4 Å². The van der Waals surface area contributed by atoms with Crippen molar-refractivity contribution in [3.05, 3.63) is 224 Å². The molecule has 0 saturated carbocycles. The monoisotopic (exact) mass is 822 g/mol. The number of benzene rings is 8. The molecule has 0 saturated heterocycles. The number of amidine groups is 2. The van der Waals surface area contributed by atoms with Crippen LogP contribution in [0, 0.1) is 0 Å². The average molecular weight is 823 g/mol. The molecule has 8 aromatic carbocycles. The van der Waals surface area contributed by atoms with E-state index in [0.29, 0.717) is 18.2 Å². The van der Waals surface area contributed by atoms with Crippen LogP contribution in [0.25, 0.3) is 92.9 Å². The van der Waals surface area contributed by atoms with E-state index in [1.54, 1.807) is 6.08 Å². The van der Waals surface area contributed by atoms with E-state index in [0.717, 1.165) is 49.8 Å². The first kappa shape index (κ1) is 37.3. The Morgan fingerprint density at radius 2 is 1.06 bits per heavy atom. The molecule has 0 fully saturated rings. The van der Waals surface area contributed by atoms with Crippen LogP contribution in [0.15, 0.2) is 222 Å². The van der Waals surface area contributed by atoms with Gasteiger partial charge in [0.15, 0.2) is 5.84 Å². The van der Waals surface area contributed by atoms with Crippen molar-refractivity contribution in [1.82, 2.24) is 13.4 Å². The molecular weight excluding hydrogens is 781 g/mol.